The van der Waals surface area contributed by atoms with Gasteiger partial charge in [0.15, 0.2) is 0 Å². The fraction of sp³-hybridized carbons (Fsp3) is 0.667. The van der Waals surface area contributed by atoms with Crippen LogP contribution in [0.1, 0.15) is 25.0 Å². The van der Waals surface area contributed by atoms with Crippen LogP contribution < -0.4 is 0 Å². The van der Waals surface area contributed by atoms with Crippen LogP contribution in [0.3, 0.4) is 0 Å². The Morgan fingerprint density at radius 1 is 1.05 bits per heavy atom. The van der Waals surface area contributed by atoms with Gasteiger partial charge in [-0.15, -0.1) is 0 Å². The molecule has 0 N–H and O–H groups in total. The number of hydrogen-bond acceptors (Lipinski definition) is 3. The summed E-state index contributed by atoms with van der Waals surface area (Å²) >= 11 is 0. The molecule has 2 aliphatic rings. The molecule has 0 spiro atoms. The number of benzene rings is 1. The van der Waals surface area contributed by atoms with E-state index in [9.17, 15) is 0 Å². The van der Waals surface area contributed by atoms with Gasteiger partial charge in [0.2, 0.25) is 0 Å². The van der Waals surface area contributed by atoms with E-state index in [0.29, 0.717) is 12.1 Å². The van der Waals surface area contributed by atoms with E-state index in [4.69, 9.17) is 0 Å². The third kappa shape index (κ3) is 3.47. The third-order valence-corrected chi connectivity index (χ3v) is 5.12. The summed E-state index contributed by atoms with van der Waals surface area (Å²) in [4.78, 5) is 7.79. The van der Waals surface area contributed by atoms with Gasteiger partial charge in [-0.3, -0.25) is 9.80 Å². The minimum Gasteiger partial charge on any atom is -0.304 e. The first-order valence-electron chi connectivity index (χ1n) is 8.37. The largest absolute Gasteiger partial charge is 0.304 e. The SMILES string of the molecule is CC(C)N1Cc2ccccc2C[C@H]1CN1CCN(C)CC1. The normalized spacial score (nSPS) is 25.2. The lowest BCUT2D eigenvalue weighted by molar-refractivity contribution is 0.0710. The second-order valence-electron chi connectivity index (χ2n) is 7.00. The summed E-state index contributed by atoms with van der Waals surface area (Å²) in [5, 5.41) is 0. The van der Waals surface area contributed by atoms with E-state index < -0.39 is 0 Å². The molecule has 0 bridgehead atoms. The first-order valence-corrected chi connectivity index (χ1v) is 8.37. The molecule has 0 aromatic heterocycles. The number of likely N-dealkylation sites (N-methyl/N-ethyl adjacent to an activating group) is 1. The molecule has 1 aromatic carbocycles. The first kappa shape index (κ1) is 15.0. The van der Waals surface area contributed by atoms with E-state index >= 15 is 0 Å². The summed E-state index contributed by atoms with van der Waals surface area (Å²) in [6, 6.07) is 10.3. The molecule has 0 unspecified atom stereocenters. The summed E-state index contributed by atoms with van der Waals surface area (Å²) in [5.74, 6) is 0. The van der Waals surface area contributed by atoms with Crippen molar-refractivity contribution in [1.82, 2.24) is 14.7 Å². The van der Waals surface area contributed by atoms with E-state index in [0.717, 1.165) is 6.54 Å². The Kier molecular flexibility index (Phi) is 4.63. The molecule has 3 heteroatoms. The van der Waals surface area contributed by atoms with Crippen LogP contribution in [0.2, 0.25) is 0 Å². The smallest absolute Gasteiger partial charge is 0.0269 e. The Morgan fingerprint density at radius 2 is 1.71 bits per heavy atom. The van der Waals surface area contributed by atoms with Crippen molar-refractivity contribution >= 4 is 0 Å². The second-order valence-corrected chi connectivity index (χ2v) is 7.00. The Bertz CT molecular complexity index is 463. The van der Waals surface area contributed by atoms with Gasteiger partial charge in [0, 0.05) is 51.4 Å². The van der Waals surface area contributed by atoms with Crippen molar-refractivity contribution < 1.29 is 0 Å². The lowest BCUT2D eigenvalue weighted by Gasteiger charge is -2.43. The minimum absolute atomic E-state index is 0.621. The van der Waals surface area contributed by atoms with Crippen LogP contribution in [-0.4, -0.2) is 66.6 Å². The van der Waals surface area contributed by atoms with Gasteiger partial charge in [-0.2, -0.15) is 0 Å². The zero-order valence-electron chi connectivity index (χ0n) is 13.8. The molecule has 0 radical (unpaired) electrons. The van der Waals surface area contributed by atoms with Crippen LogP contribution in [0.4, 0.5) is 0 Å². The summed E-state index contributed by atoms with van der Waals surface area (Å²) in [5.41, 5.74) is 3.09. The highest BCUT2D eigenvalue weighted by atomic mass is 15.3. The highest BCUT2D eigenvalue weighted by Gasteiger charge is 2.29. The molecule has 0 aliphatic carbocycles. The lowest BCUT2D eigenvalue weighted by atomic mass is 9.92. The third-order valence-electron chi connectivity index (χ3n) is 5.12. The molecule has 0 amide bonds. The van der Waals surface area contributed by atoms with E-state index in [1.165, 1.54) is 44.7 Å². The van der Waals surface area contributed by atoms with Crippen molar-refractivity contribution in [3.8, 4) is 0 Å². The molecule has 3 nitrogen and oxygen atoms in total. The van der Waals surface area contributed by atoms with Crippen LogP contribution >= 0.6 is 0 Å². The Morgan fingerprint density at radius 3 is 2.38 bits per heavy atom. The molecule has 2 heterocycles. The van der Waals surface area contributed by atoms with Crippen molar-refractivity contribution in [1.29, 1.82) is 0 Å². The number of piperazine rings is 1. The number of fused-ring (bicyclic) bond motifs is 1. The minimum atomic E-state index is 0.621. The monoisotopic (exact) mass is 287 g/mol. The Labute approximate surface area is 129 Å². The fourth-order valence-electron chi connectivity index (χ4n) is 3.71. The van der Waals surface area contributed by atoms with E-state index in [2.05, 4.69) is 59.9 Å². The standard InChI is InChI=1S/C18H29N3/c1-15(2)21-13-17-7-5-4-6-16(17)12-18(21)14-20-10-8-19(3)9-11-20/h4-7,15,18H,8-14H2,1-3H3/t18-/m0/s1. The van der Waals surface area contributed by atoms with Gasteiger partial charge in [-0.1, -0.05) is 24.3 Å². The van der Waals surface area contributed by atoms with Crippen molar-refractivity contribution in [3.63, 3.8) is 0 Å². The number of rotatable bonds is 3. The van der Waals surface area contributed by atoms with Gasteiger partial charge in [-0.05, 0) is 38.4 Å². The van der Waals surface area contributed by atoms with Crippen molar-refractivity contribution in [2.24, 2.45) is 0 Å². The van der Waals surface area contributed by atoms with Gasteiger partial charge >= 0.3 is 0 Å². The molecular weight excluding hydrogens is 258 g/mol. The molecule has 116 valence electrons. The molecular formula is C18H29N3. The first-order chi connectivity index (χ1) is 10.1. The van der Waals surface area contributed by atoms with Gasteiger partial charge < -0.3 is 4.90 Å². The molecule has 1 aromatic rings. The summed E-state index contributed by atoms with van der Waals surface area (Å²) < 4.78 is 0. The van der Waals surface area contributed by atoms with Gasteiger partial charge in [-0.25, -0.2) is 0 Å². The quantitative estimate of drug-likeness (QED) is 0.843. The maximum Gasteiger partial charge on any atom is 0.0269 e. The number of nitrogens with zero attached hydrogens (tertiary/aromatic N) is 3. The average molecular weight is 287 g/mol. The zero-order chi connectivity index (χ0) is 14.8. The fourth-order valence-corrected chi connectivity index (χ4v) is 3.71. The van der Waals surface area contributed by atoms with Crippen LogP contribution in [0.5, 0.6) is 0 Å². The predicted molar refractivity (Wildman–Crippen MR) is 88.6 cm³/mol. The molecule has 21 heavy (non-hydrogen) atoms. The molecule has 0 saturated carbocycles. The molecule has 1 fully saturated rings. The molecule has 2 aliphatic heterocycles. The molecule has 1 saturated heterocycles. The van der Waals surface area contributed by atoms with E-state index in [1.807, 2.05) is 0 Å². The second kappa shape index (κ2) is 6.47. The number of hydrogen-bond donors (Lipinski definition) is 0. The van der Waals surface area contributed by atoms with Crippen molar-refractivity contribution in [2.75, 3.05) is 39.8 Å². The van der Waals surface area contributed by atoms with Gasteiger partial charge in [0.25, 0.3) is 0 Å². The molecule has 3 rings (SSSR count). The van der Waals surface area contributed by atoms with Crippen molar-refractivity contribution in [2.45, 2.75) is 38.9 Å². The maximum absolute atomic E-state index is 2.70. The lowest BCUT2D eigenvalue weighted by Crippen LogP contribution is -2.53. The van der Waals surface area contributed by atoms with Crippen molar-refractivity contribution in [3.05, 3.63) is 35.4 Å². The van der Waals surface area contributed by atoms with Gasteiger partial charge in [0.05, 0.1) is 0 Å². The average Bonchev–Trinajstić information content (AvgIpc) is 2.48. The summed E-state index contributed by atoms with van der Waals surface area (Å²) in [6.07, 6.45) is 1.21. The Balaban J connectivity index is 1.70. The van der Waals surface area contributed by atoms with Crippen LogP contribution in [0.25, 0.3) is 0 Å². The van der Waals surface area contributed by atoms with E-state index in [1.54, 1.807) is 5.56 Å². The molecule has 1 atom stereocenters. The predicted octanol–water partition coefficient (Wildman–Crippen LogP) is 2.07. The van der Waals surface area contributed by atoms with Crippen LogP contribution in [0, 0.1) is 0 Å². The summed E-state index contributed by atoms with van der Waals surface area (Å²) in [6.45, 7) is 11.9. The Hall–Kier alpha value is -0.900. The maximum atomic E-state index is 2.70. The highest BCUT2D eigenvalue weighted by Crippen LogP contribution is 2.25. The summed E-state index contributed by atoms with van der Waals surface area (Å²) in [7, 11) is 2.23. The topological polar surface area (TPSA) is 9.72 Å². The van der Waals surface area contributed by atoms with Crippen LogP contribution in [0.15, 0.2) is 24.3 Å². The van der Waals surface area contributed by atoms with E-state index in [-0.39, 0.29) is 0 Å². The highest BCUT2D eigenvalue weighted by molar-refractivity contribution is 5.30. The van der Waals surface area contributed by atoms with Crippen LogP contribution in [-0.2, 0) is 13.0 Å². The zero-order valence-corrected chi connectivity index (χ0v) is 13.8. The van der Waals surface area contributed by atoms with Gasteiger partial charge in [0.1, 0.15) is 0 Å².